The summed E-state index contributed by atoms with van der Waals surface area (Å²) in [6.45, 7) is 9.79. The minimum Gasteiger partial charge on any atom is -0.448 e. The van der Waals surface area contributed by atoms with Crippen molar-refractivity contribution in [3.8, 4) is 0 Å². The SMILES string of the molecule is CC[C@H](C)CN1C[C@@H]2N(C(=O)OCC(C)C)O[C@@H](CC3CCCCC3)C(=O)N2[C@@H](CCCCN)C1=O. The number of carbonyl (C=O) groups excluding carboxylic acids is 3. The van der Waals surface area contributed by atoms with Crippen molar-refractivity contribution in [3.63, 3.8) is 0 Å². The van der Waals surface area contributed by atoms with Gasteiger partial charge in [0.05, 0.1) is 13.2 Å². The van der Waals surface area contributed by atoms with E-state index in [9.17, 15) is 14.4 Å². The first-order chi connectivity index (χ1) is 17.3. The van der Waals surface area contributed by atoms with Crippen LogP contribution in [0.25, 0.3) is 0 Å². The molecule has 1 aliphatic carbocycles. The number of nitrogens with zero attached hydrogens (tertiary/aromatic N) is 3. The number of rotatable bonds is 11. The van der Waals surface area contributed by atoms with Gasteiger partial charge in [-0.1, -0.05) is 66.2 Å². The first kappa shape index (κ1) is 28.7. The van der Waals surface area contributed by atoms with Crippen molar-refractivity contribution in [3.05, 3.63) is 0 Å². The lowest BCUT2D eigenvalue weighted by molar-refractivity contribution is -0.269. The van der Waals surface area contributed by atoms with E-state index in [0.29, 0.717) is 37.8 Å². The summed E-state index contributed by atoms with van der Waals surface area (Å²) in [5.41, 5.74) is 5.73. The van der Waals surface area contributed by atoms with E-state index in [1.807, 2.05) is 18.7 Å². The van der Waals surface area contributed by atoms with E-state index in [1.54, 1.807) is 4.90 Å². The lowest BCUT2D eigenvalue weighted by Crippen LogP contribution is -2.73. The third-order valence-corrected chi connectivity index (χ3v) is 7.83. The largest absolute Gasteiger partial charge is 0.448 e. The van der Waals surface area contributed by atoms with Crippen LogP contribution < -0.4 is 5.73 Å². The van der Waals surface area contributed by atoms with Gasteiger partial charge in [0, 0.05) is 6.54 Å². The van der Waals surface area contributed by atoms with Crippen molar-refractivity contribution < 1.29 is 24.0 Å². The second-order valence-electron chi connectivity index (χ2n) is 11.4. The Morgan fingerprint density at radius 3 is 2.47 bits per heavy atom. The smallest absolute Gasteiger partial charge is 0.436 e. The number of nitrogens with two attached hydrogens (primary N) is 1. The number of hydrogen-bond acceptors (Lipinski definition) is 6. The molecule has 9 heteroatoms. The normalized spacial score (nSPS) is 26.4. The molecule has 0 unspecified atom stereocenters. The summed E-state index contributed by atoms with van der Waals surface area (Å²) >= 11 is 0. The zero-order valence-corrected chi connectivity index (χ0v) is 22.8. The molecular weight excluding hydrogens is 460 g/mol. The van der Waals surface area contributed by atoms with Gasteiger partial charge in [-0.3, -0.25) is 14.4 Å². The predicted octanol–water partition coefficient (Wildman–Crippen LogP) is 3.91. The molecule has 0 spiro atoms. The summed E-state index contributed by atoms with van der Waals surface area (Å²) in [6, 6.07) is -0.620. The fraction of sp³-hybridized carbons (Fsp3) is 0.889. The van der Waals surface area contributed by atoms with Gasteiger partial charge in [0.25, 0.3) is 5.91 Å². The van der Waals surface area contributed by atoms with E-state index in [-0.39, 0.29) is 30.9 Å². The fourth-order valence-corrected chi connectivity index (χ4v) is 5.57. The number of fused-ring (bicyclic) bond motifs is 1. The fourth-order valence-electron chi connectivity index (χ4n) is 5.57. The van der Waals surface area contributed by atoms with Gasteiger partial charge in [-0.2, -0.15) is 5.06 Å². The molecule has 0 bridgehead atoms. The highest BCUT2D eigenvalue weighted by Gasteiger charge is 2.53. The van der Waals surface area contributed by atoms with Crippen LogP contribution in [0.5, 0.6) is 0 Å². The van der Waals surface area contributed by atoms with E-state index in [2.05, 4.69) is 13.8 Å². The summed E-state index contributed by atoms with van der Waals surface area (Å²) in [4.78, 5) is 50.4. The van der Waals surface area contributed by atoms with E-state index in [0.717, 1.165) is 44.9 Å². The standard InChI is InChI=1S/C27H48N4O5/c1-5-20(4)16-29-17-24-30(22(25(29)32)13-9-10-14-28)26(33)23(15-21-11-7-6-8-12-21)36-31(24)27(34)35-18-19(2)3/h19-24H,5-18,28H2,1-4H3/t20-,22-,23-,24-/m0/s1. The second-order valence-corrected chi connectivity index (χ2v) is 11.4. The van der Waals surface area contributed by atoms with E-state index >= 15 is 0 Å². The molecule has 3 aliphatic rings. The Hall–Kier alpha value is -1.87. The molecule has 4 atom stereocenters. The van der Waals surface area contributed by atoms with Gasteiger partial charge in [0.1, 0.15) is 6.04 Å². The number of carbonyl (C=O) groups is 3. The number of amides is 3. The van der Waals surface area contributed by atoms with Gasteiger partial charge in [0.15, 0.2) is 12.3 Å². The molecule has 0 radical (unpaired) electrons. The van der Waals surface area contributed by atoms with Crippen molar-refractivity contribution in [1.82, 2.24) is 14.9 Å². The summed E-state index contributed by atoms with van der Waals surface area (Å²) in [5.74, 6) is 0.661. The molecule has 206 valence electrons. The Kier molecular flexibility index (Phi) is 10.8. The number of piperazine rings is 1. The second kappa shape index (κ2) is 13.6. The average molecular weight is 509 g/mol. The van der Waals surface area contributed by atoms with Gasteiger partial charge in [-0.05, 0) is 50.0 Å². The lowest BCUT2D eigenvalue weighted by atomic mass is 9.85. The quantitative estimate of drug-likeness (QED) is 0.424. The molecule has 0 aromatic heterocycles. The highest BCUT2D eigenvalue weighted by atomic mass is 16.7. The number of unbranched alkanes of at least 4 members (excludes halogenated alkanes) is 1. The molecule has 36 heavy (non-hydrogen) atoms. The number of hydrogen-bond donors (Lipinski definition) is 1. The van der Waals surface area contributed by atoms with Crippen molar-refractivity contribution in [1.29, 1.82) is 0 Å². The molecule has 1 saturated carbocycles. The third kappa shape index (κ3) is 7.12. The van der Waals surface area contributed by atoms with Crippen LogP contribution in [0.15, 0.2) is 0 Å². The van der Waals surface area contributed by atoms with Crippen LogP contribution in [-0.2, 0) is 19.2 Å². The highest BCUT2D eigenvalue weighted by molar-refractivity contribution is 5.92. The maximum atomic E-state index is 13.9. The Balaban J connectivity index is 1.90. The molecular formula is C27H48N4O5. The Morgan fingerprint density at radius 1 is 1.11 bits per heavy atom. The third-order valence-electron chi connectivity index (χ3n) is 7.83. The van der Waals surface area contributed by atoms with Crippen LogP contribution in [0.3, 0.4) is 0 Å². The Morgan fingerprint density at radius 2 is 1.83 bits per heavy atom. The zero-order valence-electron chi connectivity index (χ0n) is 22.8. The molecule has 2 heterocycles. The summed E-state index contributed by atoms with van der Waals surface area (Å²) in [7, 11) is 0. The van der Waals surface area contributed by atoms with E-state index < -0.39 is 24.4 Å². The van der Waals surface area contributed by atoms with Crippen LogP contribution in [0.2, 0.25) is 0 Å². The molecule has 9 nitrogen and oxygen atoms in total. The molecule has 2 saturated heterocycles. The van der Waals surface area contributed by atoms with Gasteiger partial charge < -0.3 is 20.3 Å². The first-order valence-corrected chi connectivity index (χ1v) is 14.2. The van der Waals surface area contributed by atoms with Crippen LogP contribution >= 0.6 is 0 Å². The zero-order chi connectivity index (χ0) is 26.2. The van der Waals surface area contributed by atoms with Crippen LogP contribution in [-0.4, -0.2) is 77.3 Å². The molecule has 0 aromatic rings. The van der Waals surface area contributed by atoms with Crippen LogP contribution in [0.4, 0.5) is 4.79 Å². The number of hydroxylamine groups is 2. The molecule has 3 fully saturated rings. The van der Waals surface area contributed by atoms with Crippen LogP contribution in [0.1, 0.15) is 91.9 Å². The summed E-state index contributed by atoms with van der Waals surface area (Å²) < 4.78 is 5.57. The minimum absolute atomic E-state index is 0.0364. The molecule has 3 rings (SSSR count). The summed E-state index contributed by atoms with van der Waals surface area (Å²) in [5, 5.41) is 1.27. The molecule has 2 aliphatic heterocycles. The minimum atomic E-state index is -0.776. The average Bonchev–Trinajstić information content (AvgIpc) is 2.86. The van der Waals surface area contributed by atoms with Crippen molar-refractivity contribution >= 4 is 17.9 Å². The summed E-state index contributed by atoms with van der Waals surface area (Å²) in [6.07, 6.45) is 7.17. The van der Waals surface area contributed by atoms with Gasteiger partial charge in [-0.25, -0.2) is 4.79 Å². The van der Waals surface area contributed by atoms with Crippen molar-refractivity contribution in [2.45, 2.75) is 110 Å². The molecule has 3 amide bonds. The van der Waals surface area contributed by atoms with Gasteiger partial charge in [0.2, 0.25) is 5.91 Å². The highest BCUT2D eigenvalue weighted by Crippen LogP contribution is 2.35. The Labute approximate surface area is 216 Å². The Bertz CT molecular complexity index is 742. The maximum Gasteiger partial charge on any atom is 0.436 e. The maximum absolute atomic E-state index is 13.9. The van der Waals surface area contributed by atoms with Crippen molar-refractivity contribution in [2.24, 2.45) is 23.5 Å². The lowest BCUT2D eigenvalue weighted by Gasteiger charge is -2.53. The van der Waals surface area contributed by atoms with Crippen LogP contribution in [0, 0.1) is 17.8 Å². The molecule has 0 aromatic carbocycles. The first-order valence-electron chi connectivity index (χ1n) is 14.2. The van der Waals surface area contributed by atoms with E-state index in [1.165, 1.54) is 11.5 Å². The van der Waals surface area contributed by atoms with E-state index in [4.69, 9.17) is 15.3 Å². The van der Waals surface area contributed by atoms with Gasteiger partial charge in [-0.15, -0.1) is 0 Å². The van der Waals surface area contributed by atoms with Gasteiger partial charge >= 0.3 is 6.09 Å². The monoisotopic (exact) mass is 508 g/mol. The van der Waals surface area contributed by atoms with Crippen molar-refractivity contribution in [2.75, 3.05) is 26.2 Å². The topological polar surface area (TPSA) is 105 Å². The predicted molar refractivity (Wildman–Crippen MR) is 137 cm³/mol. The number of ether oxygens (including phenoxy) is 1. The molecule has 2 N–H and O–H groups in total.